The summed E-state index contributed by atoms with van der Waals surface area (Å²) in [6, 6.07) is 26.0. The van der Waals surface area contributed by atoms with Gasteiger partial charge in [0, 0.05) is 27.7 Å². The Morgan fingerprint density at radius 3 is 2.38 bits per heavy atom. The number of para-hydroxylation sites is 3. The van der Waals surface area contributed by atoms with E-state index >= 15 is 0 Å². The molecule has 5 rings (SSSR count). The molecule has 0 fully saturated rings. The summed E-state index contributed by atoms with van der Waals surface area (Å²) in [6.45, 7) is 4.49. The topological polar surface area (TPSA) is 69.8 Å². The molecule has 3 aromatic carbocycles. The lowest BCUT2D eigenvalue weighted by Crippen LogP contribution is -2.17. The lowest BCUT2D eigenvalue weighted by Gasteiger charge is -2.13. The fourth-order valence-electron chi connectivity index (χ4n) is 4.09. The molecule has 0 aliphatic carbocycles. The van der Waals surface area contributed by atoms with E-state index in [4.69, 9.17) is 4.98 Å². The number of nitrogens with zero attached hydrogens (tertiary/aromatic N) is 1. The minimum Gasteiger partial charge on any atom is -0.379 e. The molecule has 0 atom stereocenters. The standard InChI is InChI=1S/C27H24N4O/c1-17-9-8-10-18(2)25(17)31-27(32)23-15-21-20-13-6-7-14-22(20)30-26(21)24(29-23)16-28-19-11-4-3-5-12-19/h3-15,28,30H,16H2,1-2H3,(H,31,32). The van der Waals surface area contributed by atoms with Crippen molar-refractivity contribution >= 4 is 39.1 Å². The largest absolute Gasteiger partial charge is 0.379 e. The summed E-state index contributed by atoms with van der Waals surface area (Å²) in [7, 11) is 0. The number of amides is 1. The molecule has 0 saturated carbocycles. The molecule has 0 saturated heterocycles. The van der Waals surface area contributed by atoms with Gasteiger partial charge in [0.25, 0.3) is 5.91 Å². The van der Waals surface area contributed by atoms with Gasteiger partial charge in [0.2, 0.25) is 0 Å². The Bertz CT molecular complexity index is 1420. The van der Waals surface area contributed by atoms with Crippen molar-refractivity contribution in [2.45, 2.75) is 20.4 Å². The Hall–Kier alpha value is -4.12. The van der Waals surface area contributed by atoms with E-state index in [0.717, 1.165) is 50.0 Å². The van der Waals surface area contributed by atoms with E-state index in [2.05, 4.69) is 21.7 Å². The normalized spacial score (nSPS) is 11.1. The van der Waals surface area contributed by atoms with E-state index in [0.29, 0.717) is 12.2 Å². The second-order valence-corrected chi connectivity index (χ2v) is 7.99. The maximum Gasteiger partial charge on any atom is 0.274 e. The first kappa shape index (κ1) is 19.8. The Kier molecular flexibility index (Phi) is 5.07. The second-order valence-electron chi connectivity index (χ2n) is 7.99. The Morgan fingerprint density at radius 2 is 1.59 bits per heavy atom. The summed E-state index contributed by atoms with van der Waals surface area (Å²) in [5.41, 5.74) is 7.06. The van der Waals surface area contributed by atoms with Crippen LogP contribution in [0.4, 0.5) is 11.4 Å². The summed E-state index contributed by atoms with van der Waals surface area (Å²) in [4.78, 5) is 21.5. The van der Waals surface area contributed by atoms with Gasteiger partial charge in [0.1, 0.15) is 5.69 Å². The van der Waals surface area contributed by atoms with Crippen LogP contribution >= 0.6 is 0 Å². The quantitative estimate of drug-likeness (QED) is 0.317. The van der Waals surface area contributed by atoms with Crippen LogP contribution < -0.4 is 10.6 Å². The van der Waals surface area contributed by atoms with Crippen molar-refractivity contribution in [1.29, 1.82) is 0 Å². The van der Waals surface area contributed by atoms with Crippen molar-refractivity contribution in [2.75, 3.05) is 10.6 Å². The Labute approximate surface area is 186 Å². The molecule has 0 unspecified atom stereocenters. The van der Waals surface area contributed by atoms with E-state index in [-0.39, 0.29) is 5.91 Å². The predicted molar refractivity (Wildman–Crippen MR) is 131 cm³/mol. The molecule has 5 aromatic rings. The number of carbonyl (C=O) groups is 1. The number of benzene rings is 3. The van der Waals surface area contributed by atoms with E-state index in [1.165, 1.54) is 0 Å². The number of pyridine rings is 1. The van der Waals surface area contributed by atoms with Crippen molar-refractivity contribution in [3.05, 3.63) is 101 Å². The van der Waals surface area contributed by atoms with Crippen LogP contribution in [0.1, 0.15) is 27.3 Å². The molecule has 158 valence electrons. The van der Waals surface area contributed by atoms with Gasteiger partial charge in [-0.2, -0.15) is 0 Å². The molecule has 1 amide bonds. The van der Waals surface area contributed by atoms with Gasteiger partial charge < -0.3 is 15.6 Å². The van der Waals surface area contributed by atoms with Crippen LogP contribution in [0.15, 0.2) is 78.9 Å². The average Bonchev–Trinajstić information content (AvgIpc) is 3.19. The number of carbonyl (C=O) groups excluding carboxylic acids is 1. The molecule has 5 nitrogen and oxygen atoms in total. The summed E-state index contributed by atoms with van der Waals surface area (Å²) in [5, 5.41) is 8.55. The van der Waals surface area contributed by atoms with Gasteiger partial charge in [-0.15, -0.1) is 0 Å². The maximum absolute atomic E-state index is 13.2. The zero-order valence-corrected chi connectivity index (χ0v) is 18.1. The summed E-state index contributed by atoms with van der Waals surface area (Å²) in [5.74, 6) is -0.212. The molecule has 0 spiro atoms. The zero-order valence-electron chi connectivity index (χ0n) is 18.1. The highest BCUT2D eigenvalue weighted by atomic mass is 16.1. The predicted octanol–water partition coefficient (Wildman–Crippen LogP) is 6.20. The summed E-state index contributed by atoms with van der Waals surface area (Å²) < 4.78 is 0. The Morgan fingerprint density at radius 1 is 0.875 bits per heavy atom. The number of rotatable bonds is 5. The van der Waals surface area contributed by atoms with Crippen LogP contribution in [0.5, 0.6) is 0 Å². The molecular formula is C27H24N4O. The van der Waals surface area contributed by atoms with Crippen LogP contribution in [-0.2, 0) is 6.54 Å². The smallest absolute Gasteiger partial charge is 0.274 e. The van der Waals surface area contributed by atoms with Gasteiger partial charge in [-0.3, -0.25) is 4.79 Å². The van der Waals surface area contributed by atoms with Crippen molar-refractivity contribution in [3.63, 3.8) is 0 Å². The number of nitrogens with one attached hydrogen (secondary N) is 3. The number of hydrogen-bond acceptors (Lipinski definition) is 3. The zero-order chi connectivity index (χ0) is 22.1. The van der Waals surface area contributed by atoms with E-state index < -0.39 is 0 Å². The van der Waals surface area contributed by atoms with Gasteiger partial charge in [-0.1, -0.05) is 54.6 Å². The van der Waals surface area contributed by atoms with Crippen molar-refractivity contribution in [1.82, 2.24) is 9.97 Å². The number of hydrogen-bond donors (Lipinski definition) is 3. The molecule has 5 heteroatoms. The molecule has 0 radical (unpaired) electrons. The van der Waals surface area contributed by atoms with Crippen LogP contribution in [-0.4, -0.2) is 15.9 Å². The SMILES string of the molecule is Cc1cccc(C)c1NC(=O)c1cc2c([nH]c3ccccc32)c(CNc2ccccc2)n1. The fraction of sp³-hybridized carbons (Fsp3) is 0.111. The number of H-pyrrole nitrogens is 1. The Balaban J connectivity index is 1.57. The highest BCUT2D eigenvalue weighted by molar-refractivity contribution is 6.12. The number of aromatic amines is 1. The number of anilines is 2. The molecule has 0 aliphatic rings. The number of fused-ring (bicyclic) bond motifs is 3. The van der Waals surface area contributed by atoms with Gasteiger partial charge in [-0.05, 0) is 49.2 Å². The number of aromatic nitrogens is 2. The highest BCUT2D eigenvalue weighted by Crippen LogP contribution is 2.29. The van der Waals surface area contributed by atoms with E-state index in [1.807, 2.05) is 86.6 Å². The first-order chi connectivity index (χ1) is 15.6. The van der Waals surface area contributed by atoms with Crippen LogP contribution in [0, 0.1) is 13.8 Å². The van der Waals surface area contributed by atoms with Gasteiger partial charge in [0.15, 0.2) is 0 Å². The third-order valence-electron chi connectivity index (χ3n) is 5.76. The minimum atomic E-state index is -0.212. The monoisotopic (exact) mass is 420 g/mol. The van der Waals surface area contributed by atoms with E-state index in [1.54, 1.807) is 0 Å². The van der Waals surface area contributed by atoms with Crippen LogP contribution in [0.3, 0.4) is 0 Å². The first-order valence-corrected chi connectivity index (χ1v) is 10.7. The third kappa shape index (κ3) is 3.69. The molecular weight excluding hydrogens is 396 g/mol. The minimum absolute atomic E-state index is 0.212. The van der Waals surface area contributed by atoms with E-state index in [9.17, 15) is 4.79 Å². The highest BCUT2D eigenvalue weighted by Gasteiger charge is 2.17. The second kappa shape index (κ2) is 8.19. The molecule has 2 aromatic heterocycles. The van der Waals surface area contributed by atoms with Gasteiger partial charge >= 0.3 is 0 Å². The first-order valence-electron chi connectivity index (χ1n) is 10.7. The lowest BCUT2D eigenvalue weighted by atomic mass is 10.1. The number of aryl methyl sites for hydroxylation is 2. The average molecular weight is 421 g/mol. The molecule has 32 heavy (non-hydrogen) atoms. The van der Waals surface area contributed by atoms with Crippen molar-refractivity contribution in [3.8, 4) is 0 Å². The van der Waals surface area contributed by atoms with Crippen LogP contribution in [0.2, 0.25) is 0 Å². The summed E-state index contributed by atoms with van der Waals surface area (Å²) in [6.07, 6.45) is 0. The maximum atomic E-state index is 13.2. The van der Waals surface area contributed by atoms with Crippen molar-refractivity contribution in [2.24, 2.45) is 0 Å². The fourth-order valence-corrected chi connectivity index (χ4v) is 4.09. The third-order valence-corrected chi connectivity index (χ3v) is 5.76. The van der Waals surface area contributed by atoms with Gasteiger partial charge in [-0.25, -0.2) is 4.98 Å². The van der Waals surface area contributed by atoms with Crippen molar-refractivity contribution < 1.29 is 4.79 Å². The van der Waals surface area contributed by atoms with Gasteiger partial charge in [0.05, 0.1) is 17.8 Å². The molecule has 0 aliphatic heterocycles. The summed E-state index contributed by atoms with van der Waals surface area (Å²) >= 11 is 0. The molecule has 3 N–H and O–H groups in total. The molecule has 2 heterocycles. The lowest BCUT2D eigenvalue weighted by molar-refractivity contribution is 0.102. The van der Waals surface area contributed by atoms with Crippen LogP contribution in [0.25, 0.3) is 21.8 Å². The molecule has 0 bridgehead atoms.